The number of aromatic nitrogens is 2. The van der Waals surface area contributed by atoms with Gasteiger partial charge >= 0.3 is 0 Å². The number of ether oxygens (including phenoxy) is 1. The van der Waals surface area contributed by atoms with Crippen molar-refractivity contribution < 1.29 is 9.53 Å². The molecular weight excluding hydrogens is 438 g/mol. The lowest BCUT2D eigenvalue weighted by molar-refractivity contribution is -0.133. The van der Waals surface area contributed by atoms with Crippen LogP contribution in [-0.4, -0.2) is 40.6 Å². The fraction of sp³-hybridized carbons (Fsp3) is 0.483. The van der Waals surface area contributed by atoms with Crippen LogP contribution in [0.5, 0.6) is 0 Å². The Morgan fingerprint density at radius 2 is 1.74 bits per heavy atom. The maximum atomic E-state index is 13.5. The minimum atomic E-state index is -0.337. The maximum Gasteiger partial charge on any atom is 0.261 e. The van der Waals surface area contributed by atoms with Crippen LogP contribution in [0.15, 0.2) is 59.4 Å². The summed E-state index contributed by atoms with van der Waals surface area (Å²) in [6, 6.07) is 17.3. The first-order valence-corrected chi connectivity index (χ1v) is 12.9. The summed E-state index contributed by atoms with van der Waals surface area (Å²) in [7, 11) is 1.62. The van der Waals surface area contributed by atoms with Crippen molar-refractivity contribution in [2.45, 2.75) is 71.4 Å². The highest BCUT2D eigenvalue weighted by Gasteiger charge is 2.26. The summed E-state index contributed by atoms with van der Waals surface area (Å²) in [4.78, 5) is 33.6. The molecular formula is C29H39N3O3. The molecule has 6 heteroatoms. The van der Waals surface area contributed by atoms with Gasteiger partial charge < -0.3 is 9.64 Å². The lowest BCUT2D eigenvalue weighted by Crippen LogP contribution is -2.39. The normalized spacial score (nSPS) is 12.1. The summed E-state index contributed by atoms with van der Waals surface area (Å²) >= 11 is 0. The zero-order chi connectivity index (χ0) is 25.0. The number of para-hydroxylation sites is 1. The molecule has 0 spiro atoms. The summed E-state index contributed by atoms with van der Waals surface area (Å²) in [5.41, 5.74) is 1.75. The van der Waals surface area contributed by atoms with Gasteiger partial charge in [-0.15, -0.1) is 0 Å². The van der Waals surface area contributed by atoms with Gasteiger partial charge in [0.1, 0.15) is 5.82 Å². The molecule has 0 aliphatic carbocycles. The zero-order valence-electron chi connectivity index (χ0n) is 21.4. The molecule has 0 saturated carbocycles. The minimum Gasteiger partial charge on any atom is -0.383 e. The van der Waals surface area contributed by atoms with Gasteiger partial charge in [-0.25, -0.2) is 4.98 Å². The summed E-state index contributed by atoms with van der Waals surface area (Å²) in [6.07, 6.45) is 6.76. The van der Waals surface area contributed by atoms with E-state index in [1.54, 1.807) is 17.7 Å². The number of nitrogens with zero attached hydrogens (tertiary/aromatic N) is 3. The molecule has 1 amide bonds. The number of hydrogen-bond acceptors (Lipinski definition) is 4. The van der Waals surface area contributed by atoms with Gasteiger partial charge in [-0.1, -0.05) is 75.1 Å². The summed E-state index contributed by atoms with van der Waals surface area (Å²) in [6.45, 7) is 5.54. The maximum absolute atomic E-state index is 13.5. The first kappa shape index (κ1) is 26.6. The number of fused-ring (bicyclic) bond motifs is 1. The lowest BCUT2D eigenvalue weighted by Gasteiger charge is -2.31. The van der Waals surface area contributed by atoms with Gasteiger partial charge in [-0.2, -0.15) is 0 Å². The van der Waals surface area contributed by atoms with Gasteiger partial charge in [0.2, 0.25) is 5.91 Å². The van der Waals surface area contributed by atoms with E-state index in [0.29, 0.717) is 42.8 Å². The van der Waals surface area contributed by atoms with Crippen molar-refractivity contribution in [3.05, 3.63) is 76.3 Å². The fourth-order valence-corrected chi connectivity index (χ4v) is 4.49. The molecule has 0 aliphatic rings. The second-order valence-electron chi connectivity index (χ2n) is 9.10. The van der Waals surface area contributed by atoms with Crippen LogP contribution in [0, 0.1) is 0 Å². The molecule has 1 atom stereocenters. The van der Waals surface area contributed by atoms with Crippen LogP contribution < -0.4 is 5.56 Å². The van der Waals surface area contributed by atoms with Crippen molar-refractivity contribution in [3.63, 3.8) is 0 Å². The predicted octanol–water partition coefficient (Wildman–Crippen LogP) is 5.54. The molecule has 0 aliphatic heterocycles. The highest BCUT2D eigenvalue weighted by molar-refractivity contribution is 5.78. The Bertz CT molecular complexity index is 1130. The topological polar surface area (TPSA) is 64.4 Å². The van der Waals surface area contributed by atoms with Crippen molar-refractivity contribution in [3.8, 4) is 0 Å². The molecule has 0 fully saturated rings. The fourth-order valence-electron chi connectivity index (χ4n) is 4.49. The molecule has 1 unspecified atom stereocenters. The Morgan fingerprint density at radius 3 is 2.49 bits per heavy atom. The molecule has 35 heavy (non-hydrogen) atoms. The number of carbonyl (C=O) groups is 1. The number of rotatable bonds is 14. The van der Waals surface area contributed by atoms with Gasteiger partial charge in [0.05, 0.1) is 30.1 Å². The van der Waals surface area contributed by atoms with Crippen LogP contribution in [-0.2, 0) is 22.5 Å². The number of unbranched alkanes of at least 4 members (excludes halogenated alkanes) is 4. The Labute approximate surface area is 208 Å². The Balaban J connectivity index is 1.91. The van der Waals surface area contributed by atoms with E-state index in [0.717, 1.165) is 25.7 Å². The molecule has 3 rings (SSSR count). The number of benzene rings is 2. The van der Waals surface area contributed by atoms with Crippen LogP contribution in [0.1, 0.15) is 69.8 Å². The summed E-state index contributed by atoms with van der Waals surface area (Å²) in [5.74, 6) is 0.726. The second-order valence-corrected chi connectivity index (χ2v) is 9.10. The van der Waals surface area contributed by atoms with Crippen LogP contribution in [0.3, 0.4) is 0 Å². The summed E-state index contributed by atoms with van der Waals surface area (Å²) in [5, 5.41) is 0.581. The van der Waals surface area contributed by atoms with E-state index in [9.17, 15) is 9.59 Å². The molecule has 0 saturated heterocycles. The van der Waals surface area contributed by atoms with Gasteiger partial charge in [-0.3, -0.25) is 14.2 Å². The molecule has 6 nitrogen and oxygen atoms in total. The first-order chi connectivity index (χ1) is 17.1. The largest absolute Gasteiger partial charge is 0.383 e. The van der Waals surface area contributed by atoms with Crippen LogP contribution in [0.2, 0.25) is 0 Å². The van der Waals surface area contributed by atoms with Crippen molar-refractivity contribution in [1.29, 1.82) is 0 Å². The molecule has 0 radical (unpaired) electrons. The molecule has 2 aromatic carbocycles. The van der Waals surface area contributed by atoms with Crippen molar-refractivity contribution >= 4 is 16.8 Å². The lowest BCUT2D eigenvalue weighted by atomic mass is 10.1. The Kier molecular flexibility index (Phi) is 10.5. The van der Waals surface area contributed by atoms with Crippen molar-refractivity contribution in [2.75, 3.05) is 20.3 Å². The third kappa shape index (κ3) is 7.25. The smallest absolute Gasteiger partial charge is 0.261 e. The van der Waals surface area contributed by atoms with Gasteiger partial charge in [0.25, 0.3) is 5.56 Å². The molecule has 0 bridgehead atoms. The van der Waals surface area contributed by atoms with Crippen molar-refractivity contribution in [1.82, 2.24) is 14.5 Å². The number of methoxy groups -OCH3 is 1. The van der Waals surface area contributed by atoms with Crippen LogP contribution in [0.25, 0.3) is 10.9 Å². The molecule has 3 aromatic rings. The standard InChI is InChI=1S/C29H39N3O3/c1-4-5-6-7-11-18-27(33)31(20-19-24-14-9-8-10-15-24)23(2)28-30-26-17-13-12-16-25(26)29(34)32(28)21-22-35-3/h8-10,12-17,23H,4-7,11,18-22H2,1-3H3. The number of hydrogen-bond donors (Lipinski definition) is 0. The number of amides is 1. The highest BCUT2D eigenvalue weighted by Crippen LogP contribution is 2.22. The first-order valence-electron chi connectivity index (χ1n) is 12.9. The quantitative estimate of drug-likeness (QED) is 0.286. The summed E-state index contributed by atoms with van der Waals surface area (Å²) < 4.78 is 6.96. The molecule has 1 heterocycles. The van der Waals surface area contributed by atoms with Gasteiger partial charge in [0.15, 0.2) is 0 Å². The third-order valence-electron chi connectivity index (χ3n) is 6.55. The van der Waals surface area contributed by atoms with E-state index in [1.807, 2.05) is 48.2 Å². The number of carbonyl (C=O) groups excluding carboxylic acids is 1. The average molecular weight is 478 g/mol. The van der Waals surface area contributed by atoms with E-state index in [-0.39, 0.29) is 17.5 Å². The van der Waals surface area contributed by atoms with E-state index >= 15 is 0 Å². The van der Waals surface area contributed by atoms with E-state index in [4.69, 9.17) is 9.72 Å². The third-order valence-corrected chi connectivity index (χ3v) is 6.55. The predicted molar refractivity (Wildman–Crippen MR) is 142 cm³/mol. The van der Waals surface area contributed by atoms with Gasteiger partial charge in [0, 0.05) is 20.1 Å². The van der Waals surface area contributed by atoms with Crippen LogP contribution >= 0.6 is 0 Å². The van der Waals surface area contributed by atoms with Gasteiger partial charge in [-0.05, 0) is 37.5 Å². The average Bonchev–Trinajstić information content (AvgIpc) is 2.88. The van der Waals surface area contributed by atoms with Crippen molar-refractivity contribution in [2.24, 2.45) is 0 Å². The molecule has 1 aromatic heterocycles. The van der Waals surface area contributed by atoms with Crippen LogP contribution in [0.4, 0.5) is 0 Å². The Morgan fingerprint density at radius 1 is 1.03 bits per heavy atom. The van der Waals surface area contributed by atoms with E-state index < -0.39 is 0 Å². The SMILES string of the molecule is CCCCCCCC(=O)N(CCc1ccccc1)C(C)c1nc2ccccc2c(=O)n1CCOC. The molecule has 188 valence electrons. The minimum absolute atomic E-state index is 0.0930. The zero-order valence-corrected chi connectivity index (χ0v) is 21.4. The Hall–Kier alpha value is -2.99. The second kappa shape index (κ2) is 13.8. The van der Waals surface area contributed by atoms with E-state index in [2.05, 4.69) is 19.1 Å². The molecule has 0 N–H and O–H groups in total. The van der Waals surface area contributed by atoms with E-state index in [1.165, 1.54) is 18.4 Å². The monoisotopic (exact) mass is 477 g/mol. The highest BCUT2D eigenvalue weighted by atomic mass is 16.5.